The van der Waals surface area contributed by atoms with Gasteiger partial charge in [-0.3, -0.25) is 0 Å². The van der Waals surface area contributed by atoms with Crippen LogP contribution < -0.4 is 0 Å². The van der Waals surface area contributed by atoms with Crippen LogP contribution in [0.4, 0.5) is 0 Å². The first kappa shape index (κ1) is 12.3. The van der Waals surface area contributed by atoms with Crippen LogP contribution in [-0.2, 0) is 9.53 Å². The molecule has 0 saturated carbocycles. The second-order valence-electron chi connectivity index (χ2n) is 2.32. The molecule has 2 nitrogen and oxygen atoms in total. The highest BCUT2D eigenvalue weighted by molar-refractivity contribution is 6.52. The van der Waals surface area contributed by atoms with Gasteiger partial charge in [0.05, 0.1) is 5.38 Å². The maximum atomic E-state index is 10.7. The van der Waals surface area contributed by atoms with Crippen LogP contribution in [0.15, 0.2) is 0 Å². The monoisotopic (exact) mass is 232 g/mol. The molecule has 1 atom stereocenters. The van der Waals surface area contributed by atoms with Crippen molar-refractivity contribution in [3.8, 4) is 0 Å². The molecule has 0 aliphatic rings. The predicted molar refractivity (Wildman–Crippen MR) is 51.0 cm³/mol. The van der Waals surface area contributed by atoms with Crippen molar-refractivity contribution in [2.75, 3.05) is 6.61 Å². The highest BCUT2D eigenvalue weighted by Crippen LogP contribution is 2.08. The van der Waals surface area contributed by atoms with Crippen molar-refractivity contribution in [3.63, 3.8) is 0 Å². The van der Waals surface area contributed by atoms with Crippen molar-refractivity contribution in [1.82, 2.24) is 0 Å². The molecule has 0 saturated heterocycles. The van der Waals surface area contributed by atoms with Gasteiger partial charge in [-0.15, -0.1) is 11.6 Å². The zero-order valence-corrected chi connectivity index (χ0v) is 8.99. The Kier molecular flexibility index (Phi) is 7.01. The molecule has 0 aliphatic carbocycles. The fraction of sp³-hybridized carbons (Fsp3) is 0.857. The van der Waals surface area contributed by atoms with Gasteiger partial charge in [0.15, 0.2) is 0 Å². The van der Waals surface area contributed by atoms with Crippen molar-refractivity contribution in [1.29, 1.82) is 0 Å². The van der Waals surface area contributed by atoms with Gasteiger partial charge in [-0.25, -0.2) is 4.79 Å². The summed E-state index contributed by atoms with van der Waals surface area (Å²) in [5, 5.41) is -0.147. The number of alkyl halides is 3. The Labute approximate surface area is 87.1 Å². The van der Waals surface area contributed by atoms with Crippen LogP contribution in [0.25, 0.3) is 0 Å². The second kappa shape index (κ2) is 6.81. The third-order valence-corrected chi connectivity index (χ3v) is 1.89. The molecule has 0 aromatic heterocycles. The molecule has 0 spiro atoms. The Bertz CT molecular complexity index is 139. The summed E-state index contributed by atoms with van der Waals surface area (Å²) in [5.74, 6) is -0.639. The minimum atomic E-state index is -1.12. The minimum Gasteiger partial charge on any atom is -0.462 e. The molecule has 0 bridgehead atoms. The fourth-order valence-corrected chi connectivity index (χ4v) is 1.04. The SMILES string of the molecule is CCCC(Cl)COC(=O)C(Cl)Cl. The molecule has 0 aromatic carbocycles. The van der Waals surface area contributed by atoms with Gasteiger partial charge < -0.3 is 4.74 Å². The lowest BCUT2D eigenvalue weighted by Gasteiger charge is -2.08. The van der Waals surface area contributed by atoms with E-state index in [4.69, 9.17) is 34.8 Å². The lowest BCUT2D eigenvalue weighted by atomic mass is 10.2. The van der Waals surface area contributed by atoms with E-state index in [-0.39, 0.29) is 12.0 Å². The molecule has 5 heteroatoms. The Morgan fingerprint density at radius 3 is 2.42 bits per heavy atom. The van der Waals surface area contributed by atoms with E-state index in [0.29, 0.717) is 0 Å². The van der Waals surface area contributed by atoms with E-state index in [1.54, 1.807) is 0 Å². The van der Waals surface area contributed by atoms with Gasteiger partial charge in [0.2, 0.25) is 4.84 Å². The van der Waals surface area contributed by atoms with E-state index in [2.05, 4.69) is 4.74 Å². The molecule has 0 aromatic rings. The zero-order valence-electron chi connectivity index (χ0n) is 6.73. The van der Waals surface area contributed by atoms with Gasteiger partial charge in [-0.05, 0) is 6.42 Å². The van der Waals surface area contributed by atoms with Crippen LogP contribution in [0.5, 0.6) is 0 Å². The first-order chi connectivity index (χ1) is 5.57. The Morgan fingerprint density at radius 2 is 2.00 bits per heavy atom. The highest BCUT2D eigenvalue weighted by atomic mass is 35.5. The molecule has 0 fully saturated rings. The van der Waals surface area contributed by atoms with Gasteiger partial charge in [0.25, 0.3) is 0 Å². The van der Waals surface area contributed by atoms with E-state index >= 15 is 0 Å². The van der Waals surface area contributed by atoms with Gasteiger partial charge >= 0.3 is 5.97 Å². The van der Waals surface area contributed by atoms with Crippen LogP contribution in [0.2, 0.25) is 0 Å². The third-order valence-electron chi connectivity index (χ3n) is 1.19. The van der Waals surface area contributed by atoms with Crippen molar-refractivity contribution in [2.24, 2.45) is 0 Å². The lowest BCUT2D eigenvalue weighted by Crippen LogP contribution is -2.18. The summed E-state index contributed by atoms with van der Waals surface area (Å²) in [6.07, 6.45) is 1.76. The Hall–Kier alpha value is 0.340. The molecule has 72 valence electrons. The summed E-state index contributed by atoms with van der Waals surface area (Å²) in [5.41, 5.74) is 0. The molecule has 0 amide bonds. The van der Waals surface area contributed by atoms with Gasteiger partial charge in [0, 0.05) is 0 Å². The van der Waals surface area contributed by atoms with Gasteiger partial charge in [-0.2, -0.15) is 0 Å². The Balaban J connectivity index is 3.47. The van der Waals surface area contributed by atoms with Gasteiger partial charge in [-0.1, -0.05) is 36.5 Å². The third kappa shape index (κ3) is 5.92. The van der Waals surface area contributed by atoms with Crippen molar-refractivity contribution >= 4 is 40.8 Å². The number of carbonyl (C=O) groups is 1. The van der Waals surface area contributed by atoms with Crippen molar-refractivity contribution in [2.45, 2.75) is 30.0 Å². The summed E-state index contributed by atoms with van der Waals surface area (Å²) in [4.78, 5) is 9.59. The van der Waals surface area contributed by atoms with Crippen LogP contribution in [0, 0.1) is 0 Å². The number of halogens is 3. The van der Waals surface area contributed by atoms with E-state index < -0.39 is 10.8 Å². The summed E-state index contributed by atoms with van der Waals surface area (Å²) < 4.78 is 4.68. The van der Waals surface area contributed by atoms with Crippen LogP contribution in [0.3, 0.4) is 0 Å². The van der Waals surface area contributed by atoms with Crippen LogP contribution >= 0.6 is 34.8 Å². The van der Waals surface area contributed by atoms with Crippen molar-refractivity contribution < 1.29 is 9.53 Å². The normalized spacial score (nSPS) is 13.1. The zero-order chi connectivity index (χ0) is 9.56. The number of carbonyl (C=O) groups excluding carboxylic acids is 1. The Morgan fingerprint density at radius 1 is 1.42 bits per heavy atom. The summed E-state index contributed by atoms with van der Waals surface area (Å²) in [7, 11) is 0. The van der Waals surface area contributed by atoms with Crippen LogP contribution in [-0.4, -0.2) is 22.8 Å². The molecule has 0 N–H and O–H groups in total. The average Bonchev–Trinajstić information content (AvgIpc) is 2.00. The number of ether oxygens (including phenoxy) is 1. The first-order valence-electron chi connectivity index (χ1n) is 3.66. The molecule has 0 heterocycles. The highest BCUT2D eigenvalue weighted by Gasteiger charge is 2.14. The molecular formula is C7H11Cl3O2. The fourth-order valence-electron chi connectivity index (χ4n) is 0.632. The van der Waals surface area contributed by atoms with Crippen LogP contribution in [0.1, 0.15) is 19.8 Å². The van der Waals surface area contributed by atoms with E-state index in [9.17, 15) is 4.79 Å². The smallest absolute Gasteiger partial charge is 0.339 e. The number of hydrogen-bond acceptors (Lipinski definition) is 2. The summed E-state index contributed by atoms with van der Waals surface area (Å²) in [6.45, 7) is 2.17. The standard InChI is InChI=1S/C7H11Cl3O2/c1-2-3-5(8)4-12-7(11)6(9)10/h5-6H,2-4H2,1H3. The summed E-state index contributed by atoms with van der Waals surface area (Å²) in [6, 6.07) is 0. The number of hydrogen-bond donors (Lipinski definition) is 0. The molecule has 12 heavy (non-hydrogen) atoms. The number of rotatable bonds is 5. The van der Waals surface area contributed by atoms with E-state index in [1.807, 2.05) is 6.92 Å². The molecule has 0 rings (SSSR count). The maximum absolute atomic E-state index is 10.7. The quantitative estimate of drug-likeness (QED) is 0.539. The molecule has 0 aliphatic heterocycles. The van der Waals surface area contributed by atoms with E-state index in [1.165, 1.54) is 0 Å². The van der Waals surface area contributed by atoms with Crippen molar-refractivity contribution in [3.05, 3.63) is 0 Å². The topological polar surface area (TPSA) is 26.3 Å². The lowest BCUT2D eigenvalue weighted by molar-refractivity contribution is -0.141. The number of esters is 1. The van der Waals surface area contributed by atoms with Gasteiger partial charge in [0.1, 0.15) is 6.61 Å². The maximum Gasteiger partial charge on any atom is 0.339 e. The average molecular weight is 234 g/mol. The molecule has 1 unspecified atom stereocenters. The molecule has 0 radical (unpaired) electrons. The largest absolute Gasteiger partial charge is 0.462 e. The predicted octanol–water partition coefficient (Wildman–Crippen LogP) is 2.74. The molecular weight excluding hydrogens is 222 g/mol. The second-order valence-corrected chi connectivity index (χ2v) is 4.03. The minimum absolute atomic E-state index is 0.147. The van der Waals surface area contributed by atoms with E-state index in [0.717, 1.165) is 12.8 Å². The summed E-state index contributed by atoms with van der Waals surface area (Å²) >= 11 is 16.2. The first-order valence-corrected chi connectivity index (χ1v) is 4.97.